The number of hydrogen-bond acceptors (Lipinski definition) is 4. The second-order valence-corrected chi connectivity index (χ2v) is 10.5. The largest absolute Gasteiger partial charge is 0.481 e. The summed E-state index contributed by atoms with van der Waals surface area (Å²) in [5.41, 5.74) is 4.34. The van der Waals surface area contributed by atoms with Gasteiger partial charge in [-0.1, -0.05) is 69.3 Å². The lowest BCUT2D eigenvalue weighted by molar-refractivity contribution is -0.139. The fraction of sp³-hybridized carbons (Fsp3) is 0.444. The van der Waals surface area contributed by atoms with Crippen LogP contribution in [0.3, 0.4) is 0 Å². The molecule has 3 atom stereocenters. The molecule has 1 saturated carbocycles. The van der Waals surface area contributed by atoms with E-state index in [4.69, 9.17) is 9.84 Å². The number of carboxylic acids is 1. The normalized spacial score (nSPS) is 19.5. The Kier molecular flexibility index (Phi) is 6.64. The Balaban J connectivity index is 1.37. The van der Waals surface area contributed by atoms with Gasteiger partial charge in [0, 0.05) is 12.5 Å². The van der Waals surface area contributed by atoms with Gasteiger partial charge in [-0.05, 0) is 46.4 Å². The first-order valence-electron chi connectivity index (χ1n) is 11.8. The van der Waals surface area contributed by atoms with Gasteiger partial charge in [0.1, 0.15) is 12.6 Å². The molecule has 0 spiro atoms. The topological polar surface area (TPSA) is 105 Å². The number of ether oxygens (including phenoxy) is 1. The van der Waals surface area contributed by atoms with Crippen LogP contribution in [0.25, 0.3) is 11.1 Å². The molecule has 4 rings (SSSR count). The smallest absolute Gasteiger partial charge is 0.407 e. The predicted octanol–water partition coefficient (Wildman–Crippen LogP) is 4.17. The van der Waals surface area contributed by atoms with Gasteiger partial charge in [-0.25, -0.2) is 4.79 Å². The Labute approximate surface area is 199 Å². The average molecular weight is 465 g/mol. The van der Waals surface area contributed by atoms with E-state index in [0.717, 1.165) is 22.3 Å². The van der Waals surface area contributed by atoms with Crippen LogP contribution in [0.4, 0.5) is 4.79 Å². The van der Waals surface area contributed by atoms with E-state index in [1.165, 1.54) is 0 Å². The number of alkyl carbamates (subject to hydrolysis) is 1. The number of rotatable bonds is 8. The van der Waals surface area contributed by atoms with Crippen LogP contribution in [0.1, 0.15) is 50.7 Å². The molecule has 0 aromatic heterocycles. The quantitative estimate of drug-likeness (QED) is 0.544. The molecular formula is C27H32N2O5. The van der Waals surface area contributed by atoms with Gasteiger partial charge in [-0.15, -0.1) is 0 Å². The third-order valence-corrected chi connectivity index (χ3v) is 6.55. The highest BCUT2D eigenvalue weighted by molar-refractivity contribution is 5.86. The van der Waals surface area contributed by atoms with Crippen LogP contribution in [0.5, 0.6) is 0 Å². The molecule has 2 aromatic carbocycles. The van der Waals surface area contributed by atoms with Gasteiger partial charge in [-0.2, -0.15) is 0 Å². The van der Waals surface area contributed by atoms with E-state index < -0.39 is 24.0 Å². The van der Waals surface area contributed by atoms with Gasteiger partial charge >= 0.3 is 12.1 Å². The number of carbonyl (C=O) groups excluding carboxylic acids is 2. The Morgan fingerprint density at radius 1 is 1.03 bits per heavy atom. The summed E-state index contributed by atoms with van der Waals surface area (Å²) >= 11 is 0. The molecule has 0 radical (unpaired) electrons. The van der Waals surface area contributed by atoms with Crippen molar-refractivity contribution in [3.05, 3.63) is 59.7 Å². The lowest BCUT2D eigenvalue weighted by atomic mass is 9.88. The van der Waals surface area contributed by atoms with Gasteiger partial charge in [0.2, 0.25) is 5.91 Å². The number of carboxylic acid groups (broad SMARTS) is 1. The van der Waals surface area contributed by atoms with E-state index in [1.54, 1.807) is 0 Å². The molecule has 3 unspecified atom stereocenters. The maximum absolute atomic E-state index is 12.8. The van der Waals surface area contributed by atoms with Crippen molar-refractivity contribution in [1.29, 1.82) is 0 Å². The Morgan fingerprint density at radius 2 is 1.62 bits per heavy atom. The number of nitrogens with one attached hydrogen (secondary N) is 2. The molecule has 2 amide bonds. The molecule has 0 aliphatic heterocycles. The monoisotopic (exact) mass is 464 g/mol. The Morgan fingerprint density at radius 3 is 2.15 bits per heavy atom. The van der Waals surface area contributed by atoms with Crippen LogP contribution in [0.15, 0.2) is 48.5 Å². The molecule has 2 aromatic rings. The van der Waals surface area contributed by atoms with E-state index in [0.29, 0.717) is 19.4 Å². The fourth-order valence-corrected chi connectivity index (χ4v) is 4.73. The van der Waals surface area contributed by atoms with E-state index in [1.807, 2.05) is 45.0 Å². The third kappa shape index (κ3) is 5.41. The molecule has 2 aliphatic rings. The summed E-state index contributed by atoms with van der Waals surface area (Å²) in [6.07, 6.45) is 0.358. The van der Waals surface area contributed by atoms with Crippen molar-refractivity contribution in [3.63, 3.8) is 0 Å². The van der Waals surface area contributed by atoms with Gasteiger partial charge in [0.05, 0.1) is 5.92 Å². The highest BCUT2D eigenvalue weighted by Crippen LogP contribution is 2.44. The van der Waals surface area contributed by atoms with Crippen molar-refractivity contribution in [2.45, 2.75) is 45.6 Å². The first-order chi connectivity index (χ1) is 16.1. The standard InChI is InChI=1S/C27H32N2O5/c1-27(2,3)13-23(24(30)28-14-16-12-21(16)25(31)32)29-26(33)34-15-22-19-10-6-4-8-17(19)18-9-5-7-11-20(18)22/h4-11,16,21-23H,12-15H2,1-3H3,(H,28,30)(H,29,33)(H,31,32). The summed E-state index contributed by atoms with van der Waals surface area (Å²) in [7, 11) is 0. The minimum absolute atomic E-state index is 0.0498. The molecule has 0 heterocycles. The highest BCUT2D eigenvalue weighted by Gasteiger charge is 2.43. The van der Waals surface area contributed by atoms with E-state index in [9.17, 15) is 14.4 Å². The van der Waals surface area contributed by atoms with Crippen LogP contribution in [-0.4, -0.2) is 42.3 Å². The van der Waals surface area contributed by atoms with E-state index in [-0.39, 0.29) is 29.8 Å². The summed E-state index contributed by atoms with van der Waals surface area (Å²) < 4.78 is 5.61. The number of amides is 2. The molecule has 2 aliphatic carbocycles. The SMILES string of the molecule is CC(C)(C)CC(NC(=O)OCC1c2ccccc2-c2ccccc21)C(=O)NCC1CC1C(=O)O. The lowest BCUT2D eigenvalue weighted by Crippen LogP contribution is -2.49. The minimum Gasteiger partial charge on any atom is -0.481 e. The molecule has 3 N–H and O–H groups in total. The van der Waals surface area contributed by atoms with Crippen molar-refractivity contribution in [2.24, 2.45) is 17.3 Å². The first-order valence-corrected chi connectivity index (χ1v) is 11.8. The average Bonchev–Trinajstić information content (AvgIpc) is 3.50. The van der Waals surface area contributed by atoms with Crippen LogP contribution < -0.4 is 10.6 Å². The van der Waals surface area contributed by atoms with Gasteiger partial charge in [-0.3, -0.25) is 9.59 Å². The van der Waals surface area contributed by atoms with Crippen LogP contribution in [-0.2, 0) is 14.3 Å². The Hall–Kier alpha value is -3.35. The minimum atomic E-state index is -0.831. The van der Waals surface area contributed by atoms with Crippen molar-refractivity contribution in [1.82, 2.24) is 10.6 Å². The second kappa shape index (κ2) is 9.49. The first kappa shape index (κ1) is 23.8. The van der Waals surface area contributed by atoms with Crippen LogP contribution in [0.2, 0.25) is 0 Å². The third-order valence-electron chi connectivity index (χ3n) is 6.55. The summed E-state index contributed by atoms with van der Waals surface area (Å²) in [4.78, 5) is 36.6. The van der Waals surface area contributed by atoms with Gasteiger partial charge in [0.25, 0.3) is 0 Å². The van der Waals surface area contributed by atoms with Gasteiger partial charge < -0.3 is 20.5 Å². The predicted molar refractivity (Wildman–Crippen MR) is 128 cm³/mol. The Bertz CT molecular complexity index is 1040. The highest BCUT2D eigenvalue weighted by atomic mass is 16.5. The second-order valence-electron chi connectivity index (χ2n) is 10.5. The molecule has 34 heavy (non-hydrogen) atoms. The zero-order valence-corrected chi connectivity index (χ0v) is 19.8. The number of aliphatic carboxylic acids is 1. The van der Waals surface area contributed by atoms with Crippen molar-refractivity contribution in [3.8, 4) is 11.1 Å². The molecule has 0 bridgehead atoms. The maximum atomic E-state index is 12.8. The number of hydrogen-bond donors (Lipinski definition) is 3. The molecule has 7 nitrogen and oxygen atoms in total. The maximum Gasteiger partial charge on any atom is 0.407 e. The number of benzene rings is 2. The van der Waals surface area contributed by atoms with Gasteiger partial charge in [0.15, 0.2) is 0 Å². The lowest BCUT2D eigenvalue weighted by Gasteiger charge is -2.26. The summed E-state index contributed by atoms with van der Waals surface area (Å²) in [6, 6.07) is 15.5. The van der Waals surface area contributed by atoms with Crippen molar-refractivity contribution >= 4 is 18.0 Å². The van der Waals surface area contributed by atoms with E-state index >= 15 is 0 Å². The summed E-state index contributed by atoms with van der Waals surface area (Å²) in [5.74, 6) is -1.65. The molecule has 0 saturated heterocycles. The molecule has 7 heteroatoms. The fourth-order valence-electron chi connectivity index (χ4n) is 4.73. The molecular weight excluding hydrogens is 432 g/mol. The van der Waals surface area contributed by atoms with Crippen LogP contribution in [0, 0.1) is 17.3 Å². The van der Waals surface area contributed by atoms with E-state index in [2.05, 4.69) is 34.9 Å². The van der Waals surface area contributed by atoms with Crippen LogP contribution >= 0.6 is 0 Å². The number of fused-ring (bicyclic) bond motifs is 3. The number of carbonyl (C=O) groups is 3. The summed E-state index contributed by atoms with van der Waals surface area (Å²) in [6.45, 7) is 6.45. The van der Waals surface area contributed by atoms with Crippen molar-refractivity contribution in [2.75, 3.05) is 13.2 Å². The zero-order chi connectivity index (χ0) is 24.5. The molecule has 180 valence electrons. The van der Waals surface area contributed by atoms with Crippen molar-refractivity contribution < 1.29 is 24.2 Å². The summed E-state index contributed by atoms with van der Waals surface area (Å²) in [5, 5.41) is 14.6. The zero-order valence-electron chi connectivity index (χ0n) is 19.8. The molecule has 1 fully saturated rings.